The van der Waals surface area contributed by atoms with Gasteiger partial charge in [0.25, 0.3) is 0 Å². The van der Waals surface area contributed by atoms with E-state index in [4.69, 9.17) is 0 Å². The molecule has 3 aromatic rings. The summed E-state index contributed by atoms with van der Waals surface area (Å²) in [7, 11) is 0. The zero-order valence-corrected chi connectivity index (χ0v) is 15.9. The van der Waals surface area contributed by atoms with Gasteiger partial charge in [0.15, 0.2) is 5.65 Å². The van der Waals surface area contributed by atoms with E-state index >= 15 is 0 Å². The highest BCUT2D eigenvalue weighted by molar-refractivity contribution is 7.18. The molecule has 1 unspecified atom stereocenters. The molecule has 0 N–H and O–H groups in total. The summed E-state index contributed by atoms with van der Waals surface area (Å²) in [4.78, 5) is 22.0. The molecule has 0 aliphatic carbocycles. The summed E-state index contributed by atoms with van der Waals surface area (Å²) >= 11 is 1.48. The molecule has 0 aromatic carbocycles. The molecular weight excluding hydrogens is 351 g/mol. The summed E-state index contributed by atoms with van der Waals surface area (Å²) in [5.41, 5.74) is 2.16. The first-order chi connectivity index (χ1) is 12.5. The van der Waals surface area contributed by atoms with Gasteiger partial charge in [-0.2, -0.15) is 0 Å². The smallest absolute Gasteiger partial charge is 0.171 e. The van der Waals surface area contributed by atoms with E-state index in [-0.39, 0.29) is 11.9 Å². The lowest BCUT2D eigenvalue weighted by atomic mass is 10.1. The Morgan fingerprint density at radius 2 is 1.77 bits per heavy atom. The number of thiazole rings is 1. The maximum absolute atomic E-state index is 14.6. The van der Waals surface area contributed by atoms with Gasteiger partial charge in [0.2, 0.25) is 0 Å². The highest BCUT2D eigenvalue weighted by Crippen LogP contribution is 2.28. The fraction of sp³-hybridized carbons (Fsp3) is 0.444. The van der Waals surface area contributed by atoms with Gasteiger partial charge in [-0.3, -0.25) is 4.90 Å². The van der Waals surface area contributed by atoms with Crippen LogP contribution in [0.3, 0.4) is 0 Å². The van der Waals surface area contributed by atoms with E-state index in [0.717, 1.165) is 47.4 Å². The zero-order chi connectivity index (χ0) is 18.3. The molecule has 1 fully saturated rings. The van der Waals surface area contributed by atoms with Crippen LogP contribution in [0.5, 0.6) is 0 Å². The van der Waals surface area contributed by atoms with Crippen molar-refractivity contribution in [3.8, 4) is 0 Å². The molecule has 1 aliphatic rings. The third-order valence-electron chi connectivity index (χ3n) is 4.86. The number of hydrogen-bond donors (Lipinski definition) is 0. The zero-order valence-electron chi connectivity index (χ0n) is 15.1. The Morgan fingerprint density at radius 1 is 1.08 bits per heavy atom. The van der Waals surface area contributed by atoms with Crippen molar-refractivity contribution < 1.29 is 4.39 Å². The van der Waals surface area contributed by atoms with Crippen molar-refractivity contribution in [2.45, 2.75) is 26.8 Å². The van der Waals surface area contributed by atoms with Crippen molar-refractivity contribution in [1.29, 1.82) is 0 Å². The molecule has 4 rings (SSSR count). The van der Waals surface area contributed by atoms with Crippen molar-refractivity contribution in [3.05, 3.63) is 40.8 Å². The van der Waals surface area contributed by atoms with Crippen LogP contribution in [-0.4, -0.2) is 51.0 Å². The van der Waals surface area contributed by atoms with E-state index in [1.165, 1.54) is 11.3 Å². The van der Waals surface area contributed by atoms with E-state index in [1.54, 1.807) is 6.07 Å². The Kier molecular flexibility index (Phi) is 4.54. The first-order valence-corrected chi connectivity index (χ1v) is 9.54. The predicted octanol–water partition coefficient (Wildman–Crippen LogP) is 3.12. The Hall–Kier alpha value is -2.19. The van der Waals surface area contributed by atoms with Crippen molar-refractivity contribution in [2.24, 2.45) is 0 Å². The van der Waals surface area contributed by atoms with Crippen molar-refractivity contribution in [1.82, 2.24) is 24.8 Å². The second-order valence-electron chi connectivity index (χ2n) is 6.60. The van der Waals surface area contributed by atoms with Crippen LogP contribution >= 0.6 is 11.3 Å². The lowest BCUT2D eigenvalue weighted by Gasteiger charge is -2.38. The first kappa shape index (κ1) is 17.2. The lowest BCUT2D eigenvalue weighted by Crippen LogP contribution is -2.47. The van der Waals surface area contributed by atoms with Gasteiger partial charge in [0.05, 0.1) is 39.5 Å². The van der Waals surface area contributed by atoms with E-state index in [2.05, 4.69) is 29.7 Å². The number of piperazine rings is 1. The van der Waals surface area contributed by atoms with E-state index in [1.807, 2.05) is 33.2 Å². The van der Waals surface area contributed by atoms with E-state index in [9.17, 15) is 4.39 Å². The lowest BCUT2D eigenvalue weighted by molar-refractivity contribution is 0.191. The number of fused-ring (bicyclic) bond motifs is 1. The Balaban J connectivity index is 1.48. The standard InChI is InChI=1S/C18H21FN6S/c1-11(17-15(19)8-16-18(23-17)22-13(3)26-16)24-4-6-25(7-5-24)14-9-20-12(2)21-10-14/h8-11H,4-7H2,1-3H3. The van der Waals surface area contributed by atoms with Crippen LogP contribution in [-0.2, 0) is 0 Å². The van der Waals surface area contributed by atoms with E-state index in [0.29, 0.717) is 11.3 Å². The molecule has 26 heavy (non-hydrogen) atoms. The molecule has 0 saturated carbocycles. The molecule has 1 aliphatic heterocycles. The molecule has 8 heteroatoms. The van der Waals surface area contributed by atoms with Crippen LogP contribution in [0.1, 0.15) is 29.5 Å². The third kappa shape index (κ3) is 3.26. The number of rotatable bonds is 3. The van der Waals surface area contributed by atoms with Gasteiger partial charge in [-0.25, -0.2) is 24.3 Å². The van der Waals surface area contributed by atoms with Gasteiger partial charge < -0.3 is 4.90 Å². The molecule has 0 radical (unpaired) electrons. The number of pyridine rings is 1. The summed E-state index contributed by atoms with van der Waals surface area (Å²) in [6.45, 7) is 9.20. The average Bonchev–Trinajstić information content (AvgIpc) is 3.00. The number of aryl methyl sites for hydroxylation is 2. The summed E-state index contributed by atoms with van der Waals surface area (Å²) in [5.74, 6) is 0.526. The SMILES string of the molecule is Cc1ncc(N2CCN(C(C)c3nc4nc(C)sc4cc3F)CC2)cn1. The Labute approximate surface area is 155 Å². The molecule has 6 nitrogen and oxygen atoms in total. The second kappa shape index (κ2) is 6.85. The number of nitrogens with zero attached hydrogens (tertiary/aromatic N) is 6. The predicted molar refractivity (Wildman–Crippen MR) is 101 cm³/mol. The molecule has 3 aromatic heterocycles. The molecule has 136 valence electrons. The van der Waals surface area contributed by atoms with E-state index < -0.39 is 0 Å². The molecule has 1 saturated heterocycles. The fourth-order valence-corrected chi connectivity index (χ4v) is 4.14. The molecule has 4 heterocycles. The molecule has 1 atom stereocenters. The van der Waals surface area contributed by atoms with Crippen LogP contribution in [0.25, 0.3) is 10.3 Å². The van der Waals surface area contributed by atoms with Gasteiger partial charge in [-0.1, -0.05) is 0 Å². The van der Waals surface area contributed by atoms with Gasteiger partial charge in [-0.05, 0) is 26.8 Å². The number of aromatic nitrogens is 4. The second-order valence-corrected chi connectivity index (χ2v) is 7.83. The summed E-state index contributed by atoms with van der Waals surface area (Å²) < 4.78 is 15.4. The normalized spacial score (nSPS) is 17.0. The minimum absolute atomic E-state index is 0.0853. The van der Waals surface area contributed by atoms with Crippen LogP contribution in [0, 0.1) is 19.7 Å². The fourth-order valence-electron chi connectivity index (χ4n) is 3.34. The average molecular weight is 372 g/mol. The molecule has 0 spiro atoms. The number of anilines is 1. The maximum Gasteiger partial charge on any atom is 0.171 e. The van der Waals surface area contributed by atoms with Crippen LogP contribution in [0.2, 0.25) is 0 Å². The Morgan fingerprint density at radius 3 is 2.46 bits per heavy atom. The topological polar surface area (TPSA) is 58.0 Å². The highest BCUT2D eigenvalue weighted by atomic mass is 32.1. The highest BCUT2D eigenvalue weighted by Gasteiger charge is 2.26. The van der Waals surface area contributed by atoms with Crippen LogP contribution in [0.4, 0.5) is 10.1 Å². The number of hydrogen-bond acceptors (Lipinski definition) is 7. The van der Waals surface area contributed by atoms with Gasteiger partial charge in [0.1, 0.15) is 11.6 Å². The van der Waals surface area contributed by atoms with Crippen LogP contribution in [0.15, 0.2) is 18.5 Å². The largest absolute Gasteiger partial charge is 0.366 e. The monoisotopic (exact) mass is 372 g/mol. The van der Waals surface area contributed by atoms with Crippen molar-refractivity contribution in [2.75, 3.05) is 31.1 Å². The minimum atomic E-state index is -0.247. The van der Waals surface area contributed by atoms with Crippen molar-refractivity contribution >= 4 is 27.4 Å². The van der Waals surface area contributed by atoms with Crippen LogP contribution < -0.4 is 4.90 Å². The third-order valence-corrected chi connectivity index (χ3v) is 5.77. The van der Waals surface area contributed by atoms with Crippen molar-refractivity contribution in [3.63, 3.8) is 0 Å². The molecule has 0 bridgehead atoms. The Bertz CT molecular complexity index is 917. The molecular formula is C18H21FN6S. The quantitative estimate of drug-likeness (QED) is 0.704. The van der Waals surface area contributed by atoms with Gasteiger partial charge in [0, 0.05) is 26.2 Å². The minimum Gasteiger partial charge on any atom is -0.366 e. The van der Waals surface area contributed by atoms with Gasteiger partial charge in [-0.15, -0.1) is 11.3 Å². The molecule has 0 amide bonds. The summed E-state index contributed by atoms with van der Waals surface area (Å²) in [5, 5.41) is 0.908. The summed E-state index contributed by atoms with van der Waals surface area (Å²) in [6, 6.07) is 1.48. The maximum atomic E-state index is 14.6. The first-order valence-electron chi connectivity index (χ1n) is 8.72. The number of halogens is 1. The summed E-state index contributed by atoms with van der Waals surface area (Å²) in [6.07, 6.45) is 3.72. The van der Waals surface area contributed by atoms with Gasteiger partial charge >= 0.3 is 0 Å².